The van der Waals surface area contributed by atoms with Crippen molar-refractivity contribution >= 4 is 29.0 Å². The number of benzene rings is 2. The highest BCUT2D eigenvalue weighted by molar-refractivity contribution is 6.12. The quantitative estimate of drug-likeness (QED) is 0.147. The summed E-state index contributed by atoms with van der Waals surface area (Å²) in [4.78, 5) is 39.8. The van der Waals surface area contributed by atoms with Crippen LogP contribution in [0.4, 0.5) is 21.5 Å². The summed E-state index contributed by atoms with van der Waals surface area (Å²) in [6, 6.07) is 10.4. The SMILES string of the molecule is COCc1c(N2CCN(Cc3ccccc3)CC2)c(F)cc([N+](=O)[O-])c1N(C=C(C(=O)O)C(=O)O)C1CC1. The molecule has 2 aromatic rings. The molecule has 0 aromatic heterocycles. The molecule has 202 valence electrons. The second-order valence-electron chi connectivity index (χ2n) is 9.28. The summed E-state index contributed by atoms with van der Waals surface area (Å²) in [5.74, 6) is -4.16. The first-order valence-electron chi connectivity index (χ1n) is 12.2. The number of nitro groups is 1. The van der Waals surface area contributed by atoms with Crippen molar-refractivity contribution < 1.29 is 33.9 Å². The predicted molar refractivity (Wildman–Crippen MR) is 137 cm³/mol. The van der Waals surface area contributed by atoms with Crippen LogP contribution in [0.2, 0.25) is 0 Å². The number of methoxy groups -OCH3 is 1. The summed E-state index contributed by atoms with van der Waals surface area (Å²) in [5, 5.41) is 30.9. The highest BCUT2D eigenvalue weighted by Gasteiger charge is 2.38. The first kappa shape index (κ1) is 27.0. The van der Waals surface area contributed by atoms with Crippen LogP contribution in [0.3, 0.4) is 0 Å². The van der Waals surface area contributed by atoms with E-state index in [2.05, 4.69) is 4.90 Å². The largest absolute Gasteiger partial charge is 0.477 e. The number of nitro benzene ring substituents is 1. The van der Waals surface area contributed by atoms with Crippen molar-refractivity contribution in [3.63, 3.8) is 0 Å². The molecule has 1 saturated heterocycles. The molecule has 1 aliphatic heterocycles. The van der Waals surface area contributed by atoms with Gasteiger partial charge in [-0.05, 0) is 18.4 Å². The predicted octanol–water partition coefficient (Wildman–Crippen LogP) is 3.22. The Morgan fingerprint density at radius 1 is 1.16 bits per heavy atom. The Kier molecular flexibility index (Phi) is 8.23. The number of piperazine rings is 1. The van der Waals surface area contributed by atoms with Gasteiger partial charge in [0.2, 0.25) is 0 Å². The number of anilines is 2. The fourth-order valence-electron chi connectivity index (χ4n) is 4.74. The number of carbonyl (C=O) groups is 2. The Labute approximate surface area is 218 Å². The molecule has 38 heavy (non-hydrogen) atoms. The first-order valence-corrected chi connectivity index (χ1v) is 12.2. The fraction of sp³-hybridized carbons (Fsp3) is 0.385. The van der Waals surface area contributed by atoms with Gasteiger partial charge in [-0.25, -0.2) is 14.0 Å². The van der Waals surface area contributed by atoms with Gasteiger partial charge in [-0.2, -0.15) is 0 Å². The van der Waals surface area contributed by atoms with E-state index >= 15 is 4.39 Å². The van der Waals surface area contributed by atoms with Gasteiger partial charge in [0.25, 0.3) is 5.69 Å². The molecule has 0 atom stereocenters. The van der Waals surface area contributed by atoms with E-state index < -0.39 is 33.9 Å². The zero-order valence-corrected chi connectivity index (χ0v) is 20.9. The summed E-state index contributed by atoms with van der Waals surface area (Å²) in [7, 11) is 1.37. The number of carboxylic acids is 2. The van der Waals surface area contributed by atoms with Crippen molar-refractivity contribution in [2.45, 2.75) is 32.0 Å². The molecule has 0 radical (unpaired) electrons. The smallest absolute Gasteiger partial charge is 0.344 e. The van der Waals surface area contributed by atoms with E-state index in [-0.39, 0.29) is 29.6 Å². The number of halogens is 1. The van der Waals surface area contributed by atoms with Crippen LogP contribution in [0, 0.1) is 15.9 Å². The fourth-order valence-corrected chi connectivity index (χ4v) is 4.74. The monoisotopic (exact) mass is 528 g/mol. The Morgan fingerprint density at radius 3 is 2.32 bits per heavy atom. The third kappa shape index (κ3) is 5.92. The number of nitrogens with zero attached hydrogens (tertiary/aromatic N) is 4. The minimum atomic E-state index is -1.68. The molecule has 1 saturated carbocycles. The number of hydrogen-bond donors (Lipinski definition) is 2. The van der Waals surface area contributed by atoms with Crippen LogP contribution >= 0.6 is 0 Å². The highest BCUT2D eigenvalue weighted by Crippen LogP contribution is 2.45. The molecule has 11 nitrogen and oxygen atoms in total. The van der Waals surface area contributed by atoms with Gasteiger partial charge in [0.05, 0.1) is 23.3 Å². The third-order valence-electron chi connectivity index (χ3n) is 6.65. The van der Waals surface area contributed by atoms with E-state index in [1.165, 1.54) is 12.0 Å². The molecule has 2 N–H and O–H groups in total. The lowest BCUT2D eigenvalue weighted by Gasteiger charge is -2.38. The van der Waals surface area contributed by atoms with Crippen LogP contribution in [0.5, 0.6) is 0 Å². The summed E-state index contributed by atoms with van der Waals surface area (Å²) in [5.41, 5.74) is -0.117. The molecule has 2 fully saturated rings. The maximum Gasteiger partial charge on any atom is 0.344 e. The number of carboxylic acid groups (broad SMARTS) is 2. The van der Waals surface area contributed by atoms with Crippen molar-refractivity contribution in [3.05, 3.63) is 75.2 Å². The molecule has 4 rings (SSSR count). The zero-order chi connectivity index (χ0) is 27.4. The Hall–Kier alpha value is -4.03. The second-order valence-corrected chi connectivity index (χ2v) is 9.28. The molecular weight excluding hydrogens is 499 g/mol. The lowest BCUT2D eigenvalue weighted by molar-refractivity contribution is -0.384. The normalized spacial score (nSPS) is 15.7. The minimum absolute atomic E-state index is 0.0533. The van der Waals surface area contributed by atoms with E-state index in [1.54, 1.807) is 0 Å². The van der Waals surface area contributed by atoms with Gasteiger partial charge >= 0.3 is 11.9 Å². The minimum Gasteiger partial charge on any atom is -0.477 e. The molecule has 1 aliphatic carbocycles. The maximum absolute atomic E-state index is 15.6. The van der Waals surface area contributed by atoms with Crippen LogP contribution < -0.4 is 9.80 Å². The molecule has 0 amide bonds. The Bertz CT molecular complexity index is 1230. The number of aliphatic carboxylic acids is 2. The lowest BCUT2D eigenvalue weighted by atomic mass is 10.0. The van der Waals surface area contributed by atoms with Crippen molar-refractivity contribution in [2.75, 3.05) is 43.1 Å². The van der Waals surface area contributed by atoms with Gasteiger partial charge in [-0.15, -0.1) is 0 Å². The van der Waals surface area contributed by atoms with Crippen molar-refractivity contribution in [3.8, 4) is 0 Å². The van der Waals surface area contributed by atoms with Gasteiger partial charge in [-0.1, -0.05) is 30.3 Å². The van der Waals surface area contributed by atoms with Crippen LogP contribution in [-0.2, 0) is 27.5 Å². The molecule has 2 aliphatic rings. The van der Waals surface area contributed by atoms with E-state index in [0.717, 1.165) is 24.4 Å². The molecule has 0 unspecified atom stereocenters. The Balaban J connectivity index is 1.75. The molecule has 2 aromatic carbocycles. The summed E-state index contributed by atoms with van der Waals surface area (Å²) in [6.07, 6.45) is 2.03. The summed E-state index contributed by atoms with van der Waals surface area (Å²) < 4.78 is 20.9. The second kappa shape index (κ2) is 11.6. The van der Waals surface area contributed by atoms with E-state index in [0.29, 0.717) is 39.0 Å². The van der Waals surface area contributed by atoms with E-state index in [9.17, 15) is 29.9 Å². The zero-order valence-electron chi connectivity index (χ0n) is 20.9. The van der Waals surface area contributed by atoms with Gasteiger partial charge in [-0.3, -0.25) is 15.0 Å². The standard InChI is InChI=1S/C26H29FN4O7/c1-38-16-20-23(29-11-9-28(10-12-29)14-17-5-3-2-4-6-17)21(27)13-22(31(36)37)24(20)30(18-7-8-18)15-19(25(32)33)26(34)35/h2-6,13,15,18H,7-12,14,16H2,1H3,(H,32,33)(H,34,35). The van der Waals surface area contributed by atoms with Crippen LogP contribution in [0.1, 0.15) is 24.0 Å². The molecule has 0 bridgehead atoms. The molecule has 0 spiro atoms. The van der Waals surface area contributed by atoms with Gasteiger partial charge in [0.1, 0.15) is 5.69 Å². The molecule has 12 heteroatoms. The maximum atomic E-state index is 15.6. The molecular formula is C26H29FN4O7. The van der Waals surface area contributed by atoms with Crippen molar-refractivity contribution in [1.29, 1.82) is 0 Å². The average molecular weight is 529 g/mol. The molecule has 1 heterocycles. The number of hydrogen-bond acceptors (Lipinski definition) is 8. The Morgan fingerprint density at radius 2 is 1.79 bits per heavy atom. The van der Waals surface area contributed by atoms with E-state index in [1.807, 2.05) is 35.2 Å². The van der Waals surface area contributed by atoms with Gasteiger partial charge in [0, 0.05) is 57.6 Å². The topological polar surface area (TPSA) is 137 Å². The van der Waals surface area contributed by atoms with Gasteiger partial charge in [0.15, 0.2) is 11.4 Å². The van der Waals surface area contributed by atoms with Crippen molar-refractivity contribution in [2.24, 2.45) is 0 Å². The van der Waals surface area contributed by atoms with Crippen molar-refractivity contribution in [1.82, 2.24) is 4.90 Å². The van der Waals surface area contributed by atoms with Crippen LogP contribution in [0.25, 0.3) is 0 Å². The number of ether oxygens (including phenoxy) is 1. The number of rotatable bonds is 11. The van der Waals surface area contributed by atoms with E-state index in [4.69, 9.17) is 4.74 Å². The van der Waals surface area contributed by atoms with Crippen LogP contribution in [0.15, 0.2) is 48.2 Å². The lowest BCUT2D eigenvalue weighted by Crippen LogP contribution is -2.46. The highest BCUT2D eigenvalue weighted by atomic mass is 19.1. The van der Waals surface area contributed by atoms with Gasteiger partial charge < -0.3 is 24.7 Å². The van der Waals surface area contributed by atoms with Crippen LogP contribution in [-0.4, -0.2) is 71.3 Å². The average Bonchev–Trinajstić information content (AvgIpc) is 3.71. The summed E-state index contributed by atoms with van der Waals surface area (Å²) in [6.45, 7) is 2.70. The third-order valence-corrected chi connectivity index (χ3v) is 6.65. The summed E-state index contributed by atoms with van der Waals surface area (Å²) >= 11 is 0. The first-order chi connectivity index (χ1) is 18.2.